The number of sulfonamides is 1. The van der Waals surface area contributed by atoms with Crippen molar-refractivity contribution in [3.05, 3.63) is 95.6 Å². The monoisotopic (exact) mass is 465 g/mol. The van der Waals surface area contributed by atoms with Gasteiger partial charge in [-0.1, -0.05) is 60.7 Å². The van der Waals surface area contributed by atoms with Crippen molar-refractivity contribution < 1.29 is 18.0 Å². The van der Waals surface area contributed by atoms with E-state index in [1.807, 2.05) is 30.3 Å². The number of carbonyl (C=O) groups excluding carboxylic acids is 2. The van der Waals surface area contributed by atoms with Gasteiger partial charge in [-0.2, -0.15) is 0 Å². The van der Waals surface area contributed by atoms with Crippen molar-refractivity contribution in [1.82, 2.24) is 5.32 Å². The van der Waals surface area contributed by atoms with Crippen LogP contribution in [0, 0.1) is 6.92 Å². The summed E-state index contributed by atoms with van der Waals surface area (Å²) < 4.78 is 25.8. The third-order valence-corrected chi connectivity index (χ3v) is 6.19. The minimum Gasteiger partial charge on any atom is -0.352 e. The first-order chi connectivity index (χ1) is 15.8. The van der Waals surface area contributed by atoms with Crippen molar-refractivity contribution in [3.8, 4) is 0 Å². The maximum Gasteiger partial charge on any atom is 0.253 e. The lowest BCUT2D eigenvalue weighted by molar-refractivity contribution is -0.114. The molecule has 0 unspecified atom stereocenters. The molecule has 8 heteroatoms. The minimum absolute atomic E-state index is 0.306. The SMILES string of the molecule is Cc1ccccc1N(CC(=O)Nc1ccccc1C(=O)NCCc1ccccc1)S(C)(=O)=O. The molecule has 0 aliphatic carbocycles. The molecule has 0 bridgehead atoms. The van der Waals surface area contributed by atoms with Crippen LogP contribution in [-0.4, -0.2) is 39.6 Å². The fraction of sp³-hybridized carbons (Fsp3) is 0.200. The molecule has 0 saturated heterocycles. The number of para-hydroxylation sites is 2. The number of nitrogens with one attached hydrogen (secondary N) is 2. The van der Waals surface area contributed by atoms with Crippen LogP contribution in [0.3, 0.4) is 0 Å². The summed E-state index contributed by atoms with van der Waals surface area (Å²) in [6.07, 6.45) is 1.74. The molecule has 2 amide bonds. The van der Waals surface area contributed by atoms with E-state index in [-0.39, 0.29) is 5.91 Å². The third-order valence-electron chi connectivity index (χ3n) is 5.06. The highest BCUT2D eigenvalue weighted by Gasteiger charge is 2.23. The number of benzene rings is 3. The number of nitrogens with zero attached hydrogens (tertiary/aromatic N) is 1. The Hall–Kier alpha value is -3.65. The number of aryl methyl sites for hydroxylation is 1. The molecule has 172 valence electrons. The maximum atomic E-state index is 12.8. The van der Waals surface area contributed by atoms with Crippen LogP contribution >= 0.6 is 0 Å². The lowest BCUT2D eigenvalue weighted by Gasteiger charge is -2.23. The molecule has 0 aliphatic heterocycles. The van der Waals surface area contributed by atoms with Gasteiger partial charge < -0.3 is 10.6 Å². The molecule has 2 N–H and O–H groups in total. The first-order valence-electron chi connectivity index (χ1n) is 10.5. The molecular formula is C25H27N3O4S. The molecule has 0 aromatic heterocycles. The highest BCUT2D eigenvalue weighted by Crippen LogP contribution is 2.22. The van der Waals surface area contributed by atoms with E-state index in [0.717, 1.165) is 21.7 Å². The molecule has 3 aromatic carbocycles. The van der Waals surface area contributed by atoms with Gasteiger partial charge in [-0.3, -0.25) is 13.9 Å². The van der Waals surface area contributed by atoms with Gasteiger partial charge in [-0.15, -0.1) is 0 Å². The highest BCUT2D eigenvalue weighted by molar-refractivity contribution is 7.92. The van der Waals surface area contributed by atoms with Gasteiger partial charge in [0.05, 0.1) is 23.2 Å². The molecule has 0 heterocycles. The van der Waals surface area contributed by atoms with Crippen molar-refractivity contribution in [3.63, 3.8) is 0 Å². The third kappa shape index (κ3) is 6.66. The van der Waals surface area contributed by atoms with E-state index in [1.165, 1.54) is 0 Å². The van der Waals surface area contributed by atoms with Crippen LogP contribution in [0.15, 0.2) is 78.9 Å². The van der Waals surface area contributed by atoms with E-state index < -0.39 is 22.5 Å². The van der Waals surface area contributed by atoms with E-state index in [1.54, 1.807) is 55.5 Å². The Bertz CT molecular complexity index is 1230. The molecule has 33 heavy (non-hydrogen) atoms. The number of carbonyl (C=O) groups is 2. The zero-order valence-corrected chi connectivity index (χ0v) is 19.4. The van der Waals surface area contributed by atoms with Crippen LogP contribution in [-0.2, 0) is 21.2 Å². The summed E-state index contributed by atoms with van der Waals surface area (Å²) in [5.74, 6) is -0.867. The van der Waals surface area contributed by atoms with E-state index in [9.17, 15) is 18.0 Å². The summed E-state index contributed by atoms with van der Waals surface area (Å²) in [4.78, 5) is 25.5. The topological polar surface area (TPSA) is 95.6 Å². The zero-order valence-electron chi connectivity index (χ0n) is 18.6. The number of amides is 2. The van der Waals surface area contributed by atoms with Crippen LogP contribution in [0.2, 0.25) is 0 Å². The van der Waals surface area contributed by atoms with Crippen LogP contribution in [0.5, 0.6) is 0 Å². The van der Waals surface area contributed by atoms with Gasteiger partial charge in [0.25, 0.3) is 5.91 Å². The molecular weight excluding hydrogens is 438 g/mol. The first kappa shape index (κ1) is 24.0. The molecule has 0 atom stereocenters. The first-order valence-corrected chi connectivity index (χ1v) is 12.3. The van der Waals surface area contributed by atoms with E-state index >= 15 is 0 Å². The number of hydrogen-bond acceptors (Lipinski definition) is 4. The van der Waals surface area contributed by atoms with Crippen LogP contribution < -0.4 is 14.9 Å². The maximum absolute atomic E-state index is 12.8. The second kappa shape index (κ2) is 10.8. The largest absolute Gasteiger partial charge is 0.352 e. The molecule has 0 spiro atoms. The van der Waals surface area contributed by atoms with Gasteiger partial charge in [-0.25, -0.2) is 8.42 Å². The normalized spacial score (nSPS) is 11.0. The average Bonchev–Trinajstić information content (AvgIpc) is 2.78. The molecule has 7 nitrogen and oxygen atoms in total. The fourth-order valence-corrected chi connectivity index (χ4v) is 4.31. The molecule has 3 rings (SSSR count). The average molecular weight is 466 g/mol. The fourth-order valence-electron chi connectivity index (χ4n) is 3.39. The predicted molar refractivity (Wildman–Crippen MR) is 131 cm³/mol. The lowest BCUT2D eigenvalue weighted by Crippen LogP contribution is -2.38. The van der Waals surface area contributed by atoms with Crippen molar-refractivity contribution in [2.24, 2.45) is 0 Å². The van der Waals surface area contributed by atoms with Gasteiger partial charge in [0.2, 0.25) is 15.9 Å². The second-order valence-electron chi connectivity index (χ2n) is 7.64. The van der Waals surface area contributed by atoms with E-state index in [2.05, 4.69) is 10.6 Å². The minimum atomic E-state index is -3.70. The predicted octanol–water partition coefficient (Wildman–Crippen LogP) is 3.37. The van der Waals surface area contributed by atoms with Crippen molar-refractivity contribution in [1.29, 1.82) is 0 Å². The van der Waals surface area contributed by atoms with Crippen LogP contribution in [0.1, 0.15) is 21.5 Å². The van der Waals surface area contributed by atoms with Gasteiger partial charge >= 0.3 is 0 Å². The summed E-state index contributed by atoms with van der Waals surface area (Å²) >= 11 is 0. The number of anilines is 2. The standard InChI is InChI=1S/C25H27N3O4S/c1-19-10-6-9-15-23(19)28(33(2,31)32)18-24(29)27-22-14-8-7-13-21(22)25(30)26-17-16-20-11-4-3-5-12-20/h3-15H,16-18H2,1-2H3,(H,26,30)(H,27,29). The second-order valence-corrected chi connectivity index (χ2v) is 9.55. The van der Waals surface area contributed by atoms with Gasteiger partial charge in [0.1, 0.15) is 6.54 Å². The zero-order chi connectivity index (χ0) is 23.8. The van der Waals surface area contributed by atoms with E-state index in [0.29, 0.717) is 29.9 Å². The van der Waals surface area contributed by atoms with Crippen LogP contribution in [0.4, 0.5) is 11.4 Å². The summed E-state index contributed by atoms with van der Waals surface area (Å²) in [6.45, 7) is 1.81. The van der Waals surface area contributed by atoms with Crippen molar-refractivity contribution in [2.75, 3.05) is 29.0 Å². The van der Waals surface area contributed by atoms with Gasteiger partial charge in [0.15, 0.2) is 0 Å². The Balaban J connectivity index is 1.69. The van der Waals surface area contributed by atoms with Crippen molar-refractivity contribution in [2.45, 2.75) is 13.3 Å². The highest BCUT2D eigenvalue weighted by atomic mass is 32.2. The Morgan fingerprint density at radius 2 is 1.52 bits per heavy atom. The summed E-state index contributed by atoms with van der Waals surface area (Å²) in [6, 6.07) is 23.4. The molecule has 0 fully saturated rings. The summed E-state index contributed by atoms with van der Waals surface area (Å²) in [7, 11) is -3.70. The smallest absolute Gasteiger partial charge is 0.253 e. The Morgan fingerprint density at radius 1 is 0.879 bits per heavy atom. The Labute approximate surface area is 194 Å². The molecule has 0 radical (unpaired) electrons. The van der Waals surface area contributed by atoms with Crippen molar-refractivity contribution >= 4 is 33.2 Å². The molecule has 0 aliphatic rings. The molecule has 3 aromatic rings. The lowest BCUT2D eigenvalue weighted by atomic mass is 10.1. The Kier molecular flexibility index (Phi) is 7.84. The number of rotatable bonds is 9. The van der Waals surface area contributed by atoms with Gasteiger partial charge in [0, 0.05) is 6.54 Å². The summed E-state index contributed by atoms with van der Waals surface area (Å²) in [5.41, 5.74) is 2.89. The van der Waals surface area contributed by atoms with Crippen LogP contribution in [0.25, 0.3) is 0 Å². The number of hydrogen-bond donors (Lipinski definition) is 2. The van der Waals surface area contributed by atoms with E-state index in [4.69, 9.17) is 0 Å². The summed E-state index contributed by atoms with van der Waals surface area (Å²) in [5, 5.41) is 5.55. The molecule has 0 saturated carbocycles. The quantitative estimate of drug-likeness (QED) is 0.507. The Morgan fingerprint density at radius 3 is 2.21 bits per heavy atom. The van der Waals surface area contributed by atoms with Gasteiger partial charge in [-0.05, 0) is 42.7 Å².